The average Bonchev–Trinajstić information content (AvgIpc) is 2.96. The summed E-state index contributed by atoms with van der Waals surface area (Å²) in [4.78, 5) is 0. The molecule has 0 amide bonds. The van der Waals surface area contributed by atoms with Crippen LogP contribution in [0.4, 0.5) is 0 Å². The van der Waals surface area contributed by atoms with E-state index in [1.165, 1.54) is 122 Å². The van der Waals surface area contributed by atoms with E-state index in [0.717, 1.165) is 19.3 Å². The third kappa shape index (κ3) is 5.63. The molecule has 0 unspecified atom stereocenters. The Labute approximate surface area is 264 Å². The third-order valence-corrected chi connectivity index (χ3v) is 12.0. The molecule has 0 radical (unpaired) electrons. The zero-order valence-corrected chi connectivity index (χ0v) is 30.3. The van der Waals surface area contributed by atoms with Crippen LogP contribution in [-0.4, -0.2) is 0 Å². The highest BCUT2D eigenvalue weighted by molar-refractivity contribution is 5.59. The van der Waals surface area contributed by atoms with E-state index >= 15 is 0 Å². The van der Waals surface area contributed by atoms with Crippen molar-refractivity contribution in [2.24, 2.45) is 0 Å². The van der Waals surface area contributed by atoms with Gasteiger partial charge in [-0.1, -0.05) is 12.1 Å². The molecule has 0 fully saturated rings. The molecule has 0 aliphatic carbocycles. The summed E-state index contributed by atoms with van der Waals surface area (Å²) in [6, 6.07) is 4.69. The molecule has 0 heteroatoms. The molecule has 4 aromatic carbocycles. The first-order chi connectivity index (χ1) is 20.0. The summed E-state index contributed by atoms with van der Waals surface area (Å²) < 4.78 is 0. The molecule has 0 heterocycles. The van der Waals surface area contributed by atoms with Crippen LogP contribution in [0.2, 0.25) is 0 Å². The summed E-state index contributed by atoms with van der Waals surface area (Å²) in [7, 11) is 0. The number of aryl methyl sites for hydroxylation is 4. The SMILES string of the molecule is Cc1cc(C)c(C)c(Cc2c(C)c(C)c(Cc3c(C)c(C)c(Cc4c(C)c(C)cc(C)c4C)c(C)c3C)c(C)c2C)c1C. The smallest absolute Gasteiger partial charge is 0.00149 e. The fraction of sp³-hybridized carbons (Fsp3) is 0.442. The van der Waals surface area contributed by atoms with Crippen molar-refractivity contribution in [1.82, 2.24) is 0 Å². The van der Waals surface area contributed by atoms with Crippen molar-refractivity contribution in [1.29, 1.82) is 0 Å². The fourth-order valence-corrected chi connectivity index (χ4v) is 7.65. The maximum Gasteiger partial charge on any atom is -0.00149 e. The molecule has 0 N–H and O–H groups in total. The van der Waals surface area contributed by atoms with Gasteiger partial charge in [-0.05, 0) is 252 Å². The summed E-state index contributed by atoms with van der Waals surface area (Å²) in [6.45, 7) is 37.2. The van der Waals surface area contributed by atoms with Gasteiger partial charge >= 0.3 is 0 Å². The Kier molecular flexibility index (Phi) is 9.23. The molecule has 0 nitrogen and oxygen atoms in total. The van der Waals surface area contributed by atoms with Gasteiger partial charge in [-0.15, -0.1) is 0 Å². The lowest BCUT2D eigenvalue weighted by Crippen LogP contribution is -2.12. The van der Waals surface area contributed by atoms with E-state index in [9.17, 15) is 0 Å². The van der Waals surface area contributed by atoms with Gasteiger partial charge in [0.05, 0.1) is 0 Å². The van der Waals surface area contributed by atoms with E-state index in [2.05, 4.69) is 123 Å². The summed E-state index contributed by atoms with van der Waals surface area (Å²) >= 11 is 0. The van der Waals surface area contributed by atoms with Crippen LogP contribution in [0, 0.1) is 111 Å². The number of benzene rings is 4. The molecule has 228 valence electrons. The predicted octanol–water partition coefficient (Wildman–Crippen LogP) is 11.4. The molecule has 0 aromatic heterocycles. The van der Waals surface area contributed by atoms with E-state index in [-0.39, 0.29) is 0 Å². The van der Waals surface area contributed by atoms with Crippen molar-refractivity contribution in [3.05, 3.63) is 135 Å². The molecule has 0 bridgehead atoms. The van der Waals surface area contributed by atoms with Gasteiger partial charge in [0.25, 0.3) is 0 Å². The van der Waals surface area contributed by atoms with Crippen molar-refractivity contribution in [3.63, 3.8) is 0 Å². The molecule has 0 aliphatic heterocycles. The lowest BCUT2D eigenvalue weighted by Gasteiger charge is -2.26. The molecule has 0 saturated heterocycles. The normalized spacial score (nSPS) is 11.5. The molecular formula is C43H56. The zero-order valence-electron chi connectivity index (χ0n) is 30.3. The van der Waals surface area contributed by atoms with Crippen molar-refractivity contribution >= 4 is 0 Å². The predicted molar refractivity (Wildman–Crippen MR) is 190 cm³/mol. The van der Waals surface area contributed by atoms with Gasteiger partial charge in [0, 0.05) is 0 Å². The minimum absolute atomic E-state index is 1.00. The number of rotatable bonds is 6. The second kappa shape index (κ2) is 12.1. The van der Waals surface area contributed by atoms with Gasteiger partial charge in [-0.3, -0.25) is 0 Å². The highest BCUT2D eigenvalue weighted by atomic mass is 14.3. The van der Waals surface area contributed by atoms with E-state index in [0.29, 0.717) is 0 Å². The van der Waals surface area contributed by atoms with Crippen LogP contribution in [-0.2, 0) is 19.3 Å². The Balaban J connectivity index is 1.80. The molecule has 43 heavy (non-hydrogen) atoms. The van der Waals surface area contributed by atoms with E-state index in [1.54, 1.807) is 0 Å². The van der Waals surface area contributed by atoms with Gasteiger partial charge in [0.15, 0.2) is 0 Å². The van der Waals surface area contributed by atoms with Crippen LogP contribution >= 0.6 is 0 Å². The molecule has 0 saturated carbocycles. The Morgan fingerprint density at radius 3 is 0.535 bits per heavy atom. The number of hydrogen-bond donors (Lipinski definition) is 0. The van der Waals surface area contributed by atoms with Gasteiger partial charge in [-0.2, -0.15) is 0 Å². The monoisotopic (exact) mass is 572 g/mol. The zero-order chi connectivity index (χ0) is 32.2. The highest BCUT2D eigenvalue weighted by Gasteiger charge is 2.22. The van der Waals surface area contributed by atoms with Crippen LogP contribution in [0.5, 0.6) is 0 Å². The fourth-order valence-electron chi connectivity index (χ4n) is 7.65. The second-order valence-corrected chi connectivity index (χ2v) is 13.9. The average molecular weight is 573 g/mol. The van der Waals surface area contributed by atoms with Crippen LogP contribution in [0.15, 0.2) is 12.1 Å². The molecule has 4 rings (SSSR count). The van der Waals surface area contributed by atoms with Gasteiger partial charge in [0.2, 0.25) is 0 Å². The maximum absolute atomic E-state index is 2.37. The minimum atomic E-state index is 1.00. The Bertz CT molecular complexity index is 1530. The topological polar surface area (TPSA) is 0 Å². The summed E-state index contributed by atoms with van der Waals surface area (Å²) in [5, 5.41) is 0. The van der Waals surface area contributed by atoms with E-state index < -0.39 is 0 Å². The first kappa shape index (κ1) is 32.8. The molecule has 0 aliphatic rings. The van der Waals surface area contributed by atoms with Crippen LogP contribution in [0.25, 0.3) is 0 Å². The van der Waals surface area contributed by atoms with Gasteiger partial charge in [-0.25, -0.2) is 0 Å². The molecular weight excluding hydrogens is 516 g/mol. The van der Waals surface area contributed by atoms with Crippen LogP contribution in [0.1, 0.15) is 122 Å². The quantitative estimate of drug-likeness (QED) is 0.215. The Hall–Kier alpha value is -3.12. The lowest BCUT2D eigenvalue weighted by atomic mass is 9.79. The molecule has 0 atom stereocenters. The standard InChI is InChI=1S/C43H56/c1-22-17-23(2)27(6)38(26(22)5)19-40-30(9)34(13)42(35(14)31(40)10)21-43-36(15)32(11)41(33(12)37(43)16)20-39-28(7)24(3)18-25(4)29(39)8/h17-18H,19-21H2,1-16H3. The largest absolute Gasteiger partial charge is 0.0558 e. The lowest BCUT2D eigenvalue weighted by molar-refractivity contribution is 0.979. The van der Waals surface area contributed by atoms with Gasteiger partial charge < -0.3 is 0 Å². The summed E-state index contributed by atoms with van der Waals surface area (Å²) in [6.07, 6.45) is 3.03. The highest BCUT2D eigenvalue weighted by Crippen LogP contribution is 2.36. The van der Waals surface area contributed by atoms with Crippen molar-refractivity contribution in [2.75, 3.05) is 0 Å². The summed E-state index contributed by atoms with van der Waals surface area (Å²) in [5.74, 6) is 0. The number of hydrogen-bond acceptors (Lipinski definition) is 0. The Morgan fingerprint density at radius 2 is 0.372 bits per heavy atom. The second-order valence-electron chi connectivity index (χ2n) is 13.9. The van der Waals surface area contributed by atoms with Crippen LogP contribution in [0.3, 0.4) is 0 Å². The first-order valence-electron chi connectivity index (χ1n) is 16.3. The molecule has 4 aromatic rings. The Morgan fingerprint density at radius 1 is 0.233 bits per heavy atom. The van der Waals surface area contributed by atoms with Crippen molar-refractivity contribution in [3.8, 4) is 0 Å². The van der Waals surface area contributed by atoms with Gasteiger partial charge in [0.1, 0.15) is 0 Å². The van der Waals surface area contributed by atoms with E-state index in [1.807, 2.05) is 0 Å². The van der Waals surface area contributed by atoms with Crippen LogP contribution < -0.4 is 0 Å². The first-order valence-corrected chi connectivity index (χ1v) is 16.3. The van der Waals surface area contributed by atoms with Crippen molar-refractivity contribution in [2.45, 2.75) is 130 Å². The molecule has 0 spiro atoms. The third-order valence-electron chi connectivity index (χ3n) is 12.0. The minimum Gasteiger partial charge on any atom is -0.0558 e. The van der Waals surface area contributed by atoms with E-state index in [4.69, 9.17) is 0 Å². The van der Waals surface area contributed by atoms with Crippen molar-refractivity contribution < 1.29 is 0 Å². The maximum atomic E-state index is 2.37. The summed E-state index contributed by atoms with van der Waals surface area (Å²) in [5.41, 5.74) is 32.3.